The minimum absolute atomic E-state index is 0.255. The molecule has 0 bridgehead atoms. The summed E-state index contributed by atoms with van der Waals surface area (Å²) in [5.41, 5.74) is 2.73. The zero-order valence-corrected chi connectivity index (χ0v) is 12.6. The average Bonchev–Trinajstić information content (AvgIpc) is 3.06. The Morgan fingerprint density at radius 3 is 3.05 bits per heavy atom. The normalized spacial score (nSPS) is 21.0. The van der Waals surface area contributed by atoms with E-state index >= 15 is 0 Å². The van der Waals surface area contributed by atoms with Crippen molar-refractivity contribution in [1.29, 1.82) is 0 Å². The average molecular weight is 286 g/mol. The summed E-state index contributed by atoms with van der Waals surface area (Å²) < 4.78 is 7.38. The molecule has 0 amide bonds. The molecule has 0 saturated carbocycles. The maximum absolute atomic E-state index is 5.40. The lowest BCUT2D eigenvalue weighted by atomic mass is 9.84. The van der Waals surface area contributed by atoms with Gasteiger partial charge in [-0.2, -0.15) is 5.10 Å². The predicted octanol–water partition coefficient (Wildman–Crippen LogP) is 2.51. The molecule has 1 N–H and O–H groups in total. The zero-order valence-electron chi connectivity index (χ0n) is 12.6. The summed E-state index contributed by atoms with van der Waals surface area (Å²) >= 11 is 0. The van der Waals surface area contributed by atoms with Crippen LogP contribution in [0.25, 0.3) is 0 Å². The van der Waals surface area contributed by atoms with Gasteiger partial charge in [-0.05, 0) is 49.1 Å². The molecule has 1 aromatic carbocycles. The summed E-state index contributed by atoms with van der Waals surface area (Å²) in [7, 11) is 1.72. The Morgan fingerprint density at radius 2 is 2.33 bits per heavy atom. The first kappa shape index (κ1) is 14.1. The number of methoxy groups -OCH3 is 1. The Kier molecular flexibility index (Phi) is 4.20. The van der Waals surface area contributed by atoms with Gasteiger partial charge >= 0.3 is 0 Å². The molecule has 1 aliphatic carbocycles. The van der Waals surface area contributed by atoms with Crippen LogP contribution in [0.15, 0.2) is 30.9 Å². The van der Waals surface area contributed by atoms with E-state index in [-0.39, 0.29) is 6.04 Å². The van der Waals surface area contributed by atoms with Gasteiger partial charge in [-0.3, -0.25) is 0 Å². The highest BCUT2D eigenvalue weighted by atomic mass is 16.5. The minimum Gasteiger partial charge on any atom is -0.497 e. The van der Waals surface area contributed by atoms with Gasteiger partial charge in [-0.25, -0.2) is 9.67 Å². The van der Waals surface area contributed by atoms with Crippen LogP contribution in [0.3, 0.4) is 0 Å². The standard InChI is InChI=1S/C16H22N4O/c1-3-8-18-16-14-9-13(21-2)6-4-12(14)5-7-15(16)20-11-17-10-19-20/h4,6,9-11,15-16,18H,3,5,7-8H2,1-2H3. The molecule has 2 aromatic rings. The van der Waals surface area contributed by atoms with E-state index in [4.69, 9.17) is 4.74 Å². The first-order chi connectivity index (χ1) is 10.3. The molecule has 1 heterocycles. The van der Waals surface area contributed by atoms with Gasteiger partial charge < -0.3 is 10.1 Å². The molecule has 3 rings (SSSR count). The van der Waals surface area contributed by atoms with E-state index < -0.39 is 0 Å². The second-order valence-corrected chi connectivity index (χ2v) is 5.48. The quantitative estimate of drug-likeness (QED) is 0.917. The number of benzene rings is 1. The van der Waals surface area contributed by atoms with E-state index in [9.17, 15) is 0 Å². The molecule has 1 aromatic heterocycles. The highest BCUT2D eigenvalue weighted by molar-refractivity contribution is 5.40. The van der Waals surface area contributed by atoms with Crippen molar-refractivity contribution in [2.24, 2.45) is 0 Å². The lowest BCUT2D eigenvalue weighted by Gasteiger charge is -2.34. The van der Waals surface area contributed by atoms with Crippen LogP contribution in [-0.2, 0) is 6.42 Å². The number of rotatable bonds is 5. The number of aromatic nitrogens is 3. The van der Waals surface area contributed by atoms with Crippen LogP contribution in [0.1, 0.15) is 43.0 Å². The molecule has 21 heavy (non-hydrogen) atoms. The van der Waals surface area contributed by atoms with E-state index in [0.717, 1.165) is 31.6 Å². The third kappa shape index (κ3) is 2.78. The lowest BCUT2D eigenvalue weighted by Crippen LogP contribution is -2.34. The van der Waals surface area contributed by atoms with Crippen molar-refractivity contribution >= 4 is 0 Å². The molecular formula is C16H22N4O. The number of nitrogens with one attached hydrogen (secondary N) is 1. The molecule has 1 aliphatic rings. The number of fused-ring (bicyclic) bond motifs is 1. The maximum Gasteiger partial charge on any atom is 0.137 e. The van der Waals surface area contributed by atoms with Crippen molar-refractivity contribution in [1.82, 2.24) is 20.1 Å². The summed E-state index contributed by atoms with van der Waals surface area (Å²) in [4.78, 5) is 4.10. The Morgan fingerprint density at radius 1 is 1.43 bits per heavy atom. The van der Waals surface area contributed by atoms with Crippen LogP contribution in [0, 0.1) is 0 Å². The van der Waals surface area contributed by atoms with Gasteiger partial charge in [0, 0.05) is 0 Å². The first-order valence-electron chi connectivity index (χ1n) is 7.57. The van der Waals surface area contributed by atoms with Gasteiger partial charge in [-0.1, -0.05) is 13.0 Å². The number of hydrogen-bond donors (Lipinski definition) is 1. The van der Waals surface area contributed by atoms with Crippen molar-refractivity contribution in [3.63, 3.8) is 0 Å². The molecule has 0 spiro atoms. The molecule has 0 fully saturated rings. The highest BCUT2D eigenvalue weighted by Gasteiger charge is 2.31. The van der Waals surface area contributed by atoms with Crippen LogP contribution in [-0.4, -0.2) is 28.4 Å². The molecule has 0 saturated heterocycles. The molecule has 5 nitrogen and oxygen atoms in total. The van der Waals surface area contributed by atoms with E-state index in [1.165, 1.54) is 11.1 Å². The van der Waals surface area contributed by atoms with E-state index in [0.29, 0.717) is 6.04 Å². The summed E-state index contributed by atoms with van der Waals surface area (Å²) in [6.45, 7) is 3.18. The maximum atomic E-state index is 5.40. The fourth-order valence-corrected chi connectivity index (χ4v) is 3.11. The van der Waals surface area contributed by atoms with Gasteiger partial charge in [0.15, 0.2) is 0 Å². The smallest absolute Gasteiger partial charge is 0.137 e. The van der Waals surface area contributed by atoms with Crippen LogP contribution < -0.4 is 10.1 Å². The predicted molar refractivity (Wildman–Crippen MR) is 81.4 cm³/mol. The molecule has 2 unspecified atom stereocenters. The van der Waals surface area contributed by atoms with E-state index in [2.05, 4.69) is 34.5 Å². The van der Waals surface area contributed by atoms with Crippen molar-refractivity contribution < 1.29 is 4.74 Å². The molecule has 112 valence electrons. The largest absolute Gasteiger partial charge is 0.497 e. The van der Waals surface area contributed by atoms with Crippen LogP contribution >= 0.6 is 0 Å². The minimum atomic E-state index is 0.255. The Balaban J connectivity index is 1.97. The van der Waals surface area contributed by atoms with Crippen LogP contribution in [0.2, 0.25) is 0 Å². The SMILES string of the molecule is CCCNC1c2cc(OC)ccc2CCC1n1cncn1. The monoisotopic (exact) mass is 286 g/mol. The van der Waals surface area contributed by atoms with Gasteiger partial charge in [0.2, 0.25) is 0 Å². The zero-order chi connectivity index (χ0) is 14.7. The third-order valence-corrected chi connectivity index (χ3v) is 4.17. The number of hydrogen-bond acceptors (Lipinski definition) is 4. The van der Waals surface area contributed by atoms with Crippen LogP contribution in [0.4, 0.5) is 0 Å². The fourth-order valence-electron chi connectivity index (χ4n) is 3.11. The second kappa shape index (κ2) is 6.26. The van der Waals surface area contributed by atoms with Crippen molar-refractivity contribution in [2.75, 3.05) is 13.7 Å². The molecule has 0 aliphatic heterocycles. The summed E-state index contributed by atoms with van der Waals surface area (Å²) in [6.07, 6.45) is 6.67. The van der Waals surface area contributed by atoms with Gasteiger partial charge in [0.1, 0.15) is 18.4 Å². The molecular weight excluding hydrogens is 264 g/mol. The topological polar surface area (TPSA) is 52.0 Å². The first-order valence-corrected chi connectivity index (χ1v) is 7.57. The van der Waals surface area contributed by atoms with Gasteiger partial charge in [0.05, 0.1) is 19.2 Å². The third-order valence-electron chi connectivity index (χ3n) is 4.17. The number of nitrogens with zero attached hydrogens (tertiary/aromatic N) is 3. The summed E-state index contributed by atoms with van der Waals surface area (Å²) in [6, 6.07) is 6.95. The number of ether oxygens (including phenoxy) is 1. The van der Waals surface area contributed by atoms with Crippen molar-refractivity contribution in [3.8, 4) is 5.75 Å². The molecule has 2 atom stereocenters. The lowest BCUT2D eigenvalue weighted by molar-refractivity contribution is 0.295. The Hall–Kier alpha value is -1.88. The molecule has 0 radical (unpaired) electrons. The van der Waals surface area contributed by atoms with Gasteiger partial charge in [-0.15, -0.1) is 0 Å². The fraction of sp³-hybridized carbons (Fsp3) is 0.500. The van der Waals surface area contributed by atoms with Crippen molar-refractivity contribution in [2.45, 2.75) is 38.3 Å². The Bertz CT molecular complexity index is 582. The highest BCUT2D eigenvalue weighted by Crippen LogP contribution is 2.38. The summed E-state index contributed by atoms with van der Waals surface area (Å²) in [5.74, 6) is 0.913. The van der Waals surface area contributed by atoms with Crippen molar-refractivity contribution in [3.05, 3.63) is 42.0 Å². The van der Waals surface area contributed by atoms with E-state index in [1.54, 1.807) is 13.4 Å². The van der Waals surface area contributed by atoms with Gasteiger partial charge in [0.25, 0.3) is 0 Å². The summed E-state index contributed by atoms with van der Waals surface area (Å²) in [5, 5.41) is 8.02. The van der Waals surface area contributed by atoms with E-state index in [1.807, 2.05) is 17.1 Å². The Labute approximate surface area is 125 Å². The number of aryl methyl sites for hydroxylation is 1. The molecule has 5 heteroatoms. The second-order valence-electron chi connectivity index (χ2n) is 5.48. The van der Waals surface area contributed by atoms with Crippen LogP contribution in [0.5, 0.6) is 5.75 Å².